The quantitative estimate of drug-likeness (QED) is 0.630. The highest BCUT2D eigenvalue weighted by Crippen LogP contribution is 2.44. The molecule has 4 rings (SSSR count). The number of rotatable bonds is 6. The summed E-state index contributed by atoms with van der Waals surface area (Å²) in [5.74, 6) is 1.81. The largest absolute Gasteiger partial charge is 0.462 e. The van der Waals surface area contributed by atoms with Gasteiger partial charge in [-0.05, 0) is 40.5 Å². The van der Waals surface area contributed by atoms with Gasteiger partial charge in [-0.15, -0.1) is 0 Å². The van der Waals surface area contributed by atoms with Crippen molar-refractivity contribution in [3.05, 3.63) is 89.4 Å². The Morgan fingerprint density at radius 3 is 2.36 bits per heavy atom. The highest BCUT2D eigenvalue weighted by molar-refractivity contribution is 5.79. The van der Waals surface area contributed by atoms with Crippen LogP contribution < -0.4 is 5.32 Å². The molecule has 0 radical (unpaired) electrons. The highest BCUT2D eigenvalue weighted by Gasteiger charge is 2.28. The molecule has 1 aromatic heterocycles. The Bertz CT molecular complexity index is 957. The molecule has 1 amide bonds. The molecular weight excluding hydrogens is 350 g/mol. The molecular formula is C24H23NO3. The molecule has 28 heavy (non-hydrogen) atoms. The number of nitrogens with one attached hydrogen (secondary N) is 1. The number of fused-ring (bicyclic) bond motifs is 3. The molecule has 1 heterocycles. The number of hydrogen-bond acceptors (Lipinski definition) is 3. The molecule has 0 saturated carbocycles. The molecule has 0 bridgehead atoms. The molecule has 0 fully saturated rings. The SMILES string of the molecule is CCc1ccc(C=CCNC(=O)OCC2c3ccccc3-c3ccccc32)o1. The zero-order valence-electron chi connectivity index (χ0n) is 15.9. The van der Waals surface area contributed by atoms with Gasteiger partial charge < -0.3 is 14.5 Å². The third kappa shape index (κ3) is 3.72. The van der Waals surface area contributed by atoms with Crippen molar-refractivity contribution >= 4 is 12.2 Å². The minimum Gasteiger partial charge on any atom is -0.462 e. The minimum atomic E-state index is -0.416. The summed E-state index contributed by atoms with van der Waals surface area (Å²) in [6.07, 6.45) is 4.15. The fourth-order valence-electron chi connectivity index (χ4n) is 3.64. The van der Waals surface area contributed by atoms with E-state index in [4.69, 9.17) is 9.15 Å². The van der Waals surface area contributed by atoms with Crippen LogP contribution in [0.25, 0.3) is 17.2 Å². The molecule has 0 aliphatic heterocycles. The number of alkyl carbamates (subject to hydrolysis) is 1. The summed E-state index contributed by atoms with van der Waals surface area (Å²) < 4.78 is 11.1. The maximum atomic E-state index is 12.1. The molecule has 142 valence electrons. The number of carbonyl (C=O) groups excluding carboxylic acids is 1. The number of aryl methyl sites for hydroxylation is 1. The Kier molecular flexibility index (Phi) is 5.29. The van der Waals surface area contributed by atoms with Gasteiger partial charge in [0.05, 0.1) is 0 Å². The molecule has 0 spiro atoms. The number of amides is 1. The average Bonchev–Trinajstić information content (AvgIpc) is 3.32. The third-order valence-electron chi connectivity index (χ3n) is 5.02. The van der Waals surface area contributed by atoms with Gasteiger partial charge in [0, 0.05) is 18.9 Å². The molecule has 1 aliphatic carbocycles. The van der Waals surface area contributed by atoms with Crippen molar-refractivity contribution in [1.82, 2.24) is 5.32 Å². The van der Waals surface area contributed by atoms with Gasteiger partial charge in [0.25, 0.3) is 0 Å². The molecule has 0 unspecified atom stereocenters. The van der Waals surface area contributed by atoms with Gasteiger partial charge in [0.1, 0.15) is 18.1 Å². The summed E-state index contributed by atoms with van der Waals surface area (Å²) in [5, 5.41) is 2.76. The van der Waals surface area contributed by atoms with Crippen molar-refractivity contribution in [2.75, 3.05) is 13.2 Å². The number of hydrogen-bond donors (Lipinski definition) is 1. The number of carbonyl (C=O) groups is 1. The summed E-state index contributed by atoms with van der Waals surface area (Å²) >= 11 is 0. The van der Waals surface area contributed by atoms with Gasteiger partial charge in [-0.1, -0.05) is 61.5 Å². The number of ether oxygens (including phenoxy) is 1. The maximum absolute atomic E-state index is 12.1. The van der Waals surface area contributed by atoms with Crippen LogP contribution in [0.15, 0.2) is 71.2 Å². The highest BCUT2D eigenvalue weighted by atomic mass is 16.5. The van der Waals surface area contributed by atoms with Gasteiger partial charge in [-0.2, -0.15) is 0 Å². The monoisotopic (exact) mass is 373 g/mol. The summed E-state index contributed by atoms with van der Waals surface area (Å²) in [4.78, 5) is 12.1. The van der Waals surface area contributed by atoms with Crippen LogP contribution in [0.4, 0.5) is 4.79 Å². The molecule has 0 saturated heterocycles. The van der Waals surface area contributed by atoms with E-state index in [1.54, 1.807) is 0 Å². The Morgan fingerprint density at radius 2 is 1.71 bits per heavy atom. The number of furan rings is 1. The fourth-order valence-corrected chi connectivity index (χ4v) is 3.64. The lowest BCUT2D eigenvalue weighted by Crippen LogP contribution is -2.26. The van der Waals surface area contributed by atoms with E-state index in [2.05, 4.69) is 29.6 Å². The lowest BCUT2D eigenvalue weighted by atomic mass is 9.98. The fraction of sp³-hybridized carbons (Fsp3) is 0.208. The van der Waals surface area contributed by atoms with Crippen LogP contribution in [0, 0.1) is 0 Å². The van der Waals surface area contributed by atoms with Crippen LogP contribution in [0.1, 0.15) is 35.5 Å². The lowest BCUT2D eigenvalue weighted by Gasteiger charge is -2.14. The second kappa shape index (κ2) is 8.17. The molecule has 3 aromatic rings. The molecule has 4 heteroatoms. The van der Waals surface area contributed by atoms with E-state index in [1.807, 2.05) is 55.5 Å². The van der Waals surface area contributed by atoms with Crippen LogP contribution in [-0.2, 0) is 11.2 Å². The van der Waals surface area contributed by atoms with Gasteiger partial charge in [-0.25, -0.2) is 4.79 Å². The van der Waals surface area contributed by atoms with E-state index in [9.17, 15) is 4.79 Å². The lowest BCUT2D eigenvalue weighted by molar-refractivity contribution is 0.144. The van der Waals surface area contributed by atoms with Crippen LogP contribution in [0.5, 0.6) is 0 Å². The Labute approximate surface area is 164 Å². The van der Waals surface area contributed by atoms with Gasteiger partial charge in [0.2, 0.25) is 0 Å². The molecule has 1 aliphatic rings. The second-order valence-corrected chi connectivity index (χ2v) is 6.77. The molecule has 2 aromatic carbocycles. The van der Waals surface area contributed by atoms with Gasteiger partial charge >= 0.3 is 6.09 Å². The predicted molar refractivity (Wildman–Crippen MR) is 110 cm³/mol. The van der Waals surface area contributed by atoms with Crippen molar-refractivity contribution in [3.8, 4) is 11.1 Å². The summed E-state index contributed by atoms with van der Waals surface area (Å²) in [7, 11) is 0. The maximum Gasteiger partial charge on any atom is 0.407 e. The first kappa shape index (κ1) is 18.1. The second-order valence-electron chi connectivity index (χ2n) is 6.77. The van der Waals surface area contributed by atoms with Crippen molar-refractivity contribution in [2.45, 2.75) is 19.3 Å². The van der Waals surface area contributed by atoms with Crippen molar-refractivity contribution in [3.63, 3.8) is 0 Å². The van der Waals surface area contributed by atoms with Crippen molar-refractivity contribution in [1.29, 1.82) is 0 Å². The normalized spacial score (nSPS) is 12.8. The Hall–Kier alpha value is -3.27. The molecule has 0 atom stereocenters. The Balaban J connectivity index is 1.32. The van der Waals surface area contributed by atoms with Crippen molar-refractivity contribution in [2.24, 2.45) is 0 Å². The van der Waals surface area contributed by atoms with E-state index in [1.165, 1.54) is 22.3 Å². The van der Waals surface area contributed by atoms with E-state index in [0.29, 0.717) is 13.2 Å². The van der Waals surface area contributed by atoms with Gasteiger partial charge in [0.15, 0.2) is 0 Å². The van der Waals surface area contributed by atoms with Crippen LogP contribution in [0.3, 0.4) is 0 Å². The average molecular weight is 373 g/mol. The minimum absolute atomic E-state index is 0.0734. The number of benzene rings is 2. The molecule has 1 N–H and O–H groups in total. The zero-order chi connectivity index (χ0) is 19.3. The van der Waals surface area contributed by atoms with E-state index in [0.717, 1.165) is 17.9 Å². The van der Waals surface area contributed by atoms with E-state index >= 15 is 0 Å². The summed E-state index contributed by atoms with van der Waals surface area (Å²) in [5.41, 5.74) is 4.86. The first-order valence-corrected chi connectivity index (χ1v) is 9.60. The summed E-state index contributed by atoms with van der Waals surface area (Å²) in [6, 6.07) is 20.5. The Morgan fingerprint density at radius 1 is 1.04 bits per heavy atom. The van der Waals surface area contributed by atoms with Crippen LogP contribution >= 0.6 is 0 Å². The van der Waals surface area contributed by atoms with E-state index in [-0.39, 0.29) is 5.92 Å². The van der Waals surface area contributed by atoms with E-state index < -0.39 is 6.09 Å². The van der Waals surface area contributed by atoms with Gasteiger partial charge in [-0.3, -0.25) is 0 Å². The first-order chi connectivity index (χ1) is 13.8. The van der Waals surface area contributed by atoms with Crippen LogP contribution in [-0.4, -0.2) is 19.2 Å². The topological polar surface area (TPSA) is 51.5 Å². The zero-order valence-corrected chi connectivity index (χ0v) is 15.9. The third-order valence-corrected chi connectivity index (χ3v) is 5.02. The standard InChI is InChI=1S/C24H23NO3/c1-2-17-13-14-18(28-17)8-7-15-25-24(26)27-16-23-21-11-5-3-9-19(21)20-10-4-6-12-22(20)23/h3-14,23H,2,15-16H2,1H3,(H,25,26). The van der Waals surface area contributed by atoms with Crippen LogP contribution in [0.2, 0.25) is 0 Å². The smallest absolute Gasteiger partial charge is 0.407 e. The van der Waals surface area contributed by atoms with Crippen molar-refractivity contribution < 1.29 is 13.9 Å². The first-order valence-electron chi connectivity index (χ1n) is 9.60. The predicted octanol–water partition coefficient (Wildman–Crippen LogP) is 5.39. The summed E-state index contributed by atoms with van der Waals surface area (Å²) in [6.45, 7) is 2.76. The molecule has 4 nitrogen and oxygen atoms in total.